The van der Waals surface area contributed by atoms with Crippen molar-refractivity contribution in [2.24, 2.45) is 5.92 Å². The summed E-state index contributed by atoms with van der Waals surface area (Å²) in [6, 6.07) is 13.5. The van der Waals surface area contributed by atoms with Crippen molar-refractivity contribution in [1.82, 2.24) is 0 Å². The lowest BCUT2D eigenvalue weighted by Gasteiger charge is -2.18. The largest absolute Gasteiger partial charge is 0.494 e. The Morgan fingerprint density at radius 1 is 1.14 bits per heavy atom. The number of esters is 1. The van der Waals surface area contributed by atoms with E-state index in [1.165, 1.54) is 6.92 Å². The summed E-state index contributed by atoms with van der Waals surface area (Å²) in [6.07, 6.45) is -0.897. The van der Waals surface area contributed by atoms with Gasteiger partial charge >= 0.3 is 5.97 Å². The molecule has 2 aromatic carbocycles. The van der Waals surface area contributed by atoms with E-state index in [1.54, 1.807) is 53.4 Å². The minimum atomic E-state index is -0.946. The molecule has 1 heterocycles. The number of nitrogens with zero attached hydrogens (tertiary/aromatic N) is 1. The molecule has 7 heteroatoms. The third kappa shape index (κ3) is 4.95. The Balaban J connectivity index is 1.60. The molecule has 0 spiro atoms. The highest BCUT2D eigenvalue weighted by Gasteiger charge is 2.37. The first-order valence-electron chi connectivity index (χ1n) is 9.42. The van der Waals surface area contributed by atoms with Gasteiger partial charge in [-0.25, -0.2) is 0 Å². The summed E-state index contributed by atoms with van der Waals surface area (Å²) in [5, 5.41) is 0.519. The number of benzene rings is 2. The lowest BCUT2D eigenvalue weighted by Crippen LogP contribution is -2.30. The van der Waals surface area contributed by atoms with Gasteiger partial charge in [0.25, 0.3) is 0 Å². The van der Waals surface area contributed by atoms with Crippen LogP contribution in [0.2, 0.25) is 5.02 Å². The number of hydrogen-bond acceptors (Lipinski definition) is 5. The van der Waals surface area contributed by atoms with Gasteiger partial charge in [-0.15, -0.1) is 0 Å². The predicted octanol–water partition coefficient (Wildman–Crippen LogP) is 3.91. The van der Waals surface area contributed by atoms with E-state index in [0.29, 0.717) is 28.6 Å². The van der Waals surface area contributed by atoms with E-state index in [1.807, 2.05) is 6.92 Å². The van der Waals surface area contributed by atoms with E-state index in [2.05, 4.69) is 0 Å². The molecule has 1 fully saturated rings. The van der Waals surface area contributed by atoms with Gasteiger partial charge in [-0.05, 0) is 62.4 Å². The lowest BCUT2D eigenvalue weighted by atomic mass is 10.1. The van der Waals surface area contributed by atoms with Crippen LogP contribution >= 0.6 is 11.6 Å². The van der Waals surface area contributed by atoms with Crippen LogP contribution in [0.3, 0.4) is 0 Å². The molecule has 2 atom stereocenters. The number of Topliss-reactive ketones (excluding diaryl/α,β-unsaturated/α-hetero) is 1. The normalized spacial score (nSPS) is 17.1. The zero-order valence-electron chi connectivity index (χ0n) is 16.3. The van der Waals surface area contributed by atoms with E-state index in [4.69, 9.17) is 21.1 Å². The summed E-state index contributed by atoms with van der Waals surface area (Å²) in [5.41, 5.74) is 1.10. The highest BCUT2D eigenvalue weighted by atomic mass is 35.5. The molecule has 6 nitrogen and oxygen atoms in total. The number of halogens is 1. The standard InChI is InChI=1S/C22H22ClNO5/c1-3-28-19-10-8-18(9-11-19)24-13-16(12-20(24)25)22(27)29-14(2)21(26)15-4-6-17(23)7-5-15/h4-11,14,16H,3,12-13H2,1-2H3/t14-,16+/m0/s1. The van der Waals surface area contributed by atoms with Gasteiger partial charge in [0.05, 0.1) is 12.5 Å². The molecule has 0 unspecified atom stereocenters. The second-order valence-electron chi connectivity index (χ2n) is 6.78. The van der Waals surface area contributed by atoms with Crippen molar-refractivity contribution < 1.29 is 23.9 Å². The van der Waals surface area contributed by atoms with Crippen molar-refractivity contribution in [2.45, 2.75) is 26.4 Å². The van der Waals surface area contributed by atoms with Gasteiger partial charge in [0, 0.05) is 29.2 Å². The molecule has 2 aromatic rings. The molecule has 3 rings (SSSR count). The molecule has 0 bridgehead atoms. The van der Waals surface area contributed by atoms with E-state index in [9.17, 15) is 14.4 Å². The molecule has 0 aliphatic carbocycles. The number of amides is 1. The number of ketones is 1. The maximum absolute atomic E-state index is 12.5. The predicted molar refractivity (Wildman–Crippen MR) is 109 cm³/mol. The van der Waals surface area contributed by atoms with E-state index in [0.717, 1.165) is 0 Å². The van der Waals surface area contributed by atoms with Gasteiger partial charge in [-0.3, -0.25) is 14.4 Å². The first-order valence-corrected chi connectivity index (χ1v) is 9.80. The summed E-state index contributed by atoms with van der Waals surface area (Å²) >= 11 is 5.83. The van der Waals surface area contributed by atoms with Gasteiger partial charge in [0.2, 0.25) is 11.7 Å². The van der Waals surface area contributed by atoms with Crippen molar-refractivity contribution in [1.29, 1.82) is 0 Å². The molecule has 1 aliphatic rings. The van der Waals surface area contributed by atoms with Crippen molar-refractivity contribution in [3.8, 4) is 5.75 Å². The molecule has 0 radical (unpaired) electrons. The average Bonchev–Trinajstić information content (AvgIpc) is 3.10. The first-order chi connectivity index (χ1) is 13.9. The van der Waals surface area contributed by atoms with E-state index < -0.39 is 18.0 Å². The molecule has 152 valence electrons. The topological polar surface area (TPSA) is 72.9 Å². The monoisotopic (exact) mass is 415 g/mol. The van der Waals surface area contributed by atoms with Crippen LogP contribution in [-0.4, -0.2) is 36.9 Å². The van der Waals surface area contributed by atoms with Gasteiger partial charge in [-0.1, -0.05) is 11.6 Å². The molecule has 0 aromatic heterocycles. The number of hydrogen-bond donors (Lipinski definition) is 0. The smallest absolute Gasteiger partial charge is 0.312 e. The van der Waals surface area contributed by atoms with Crippen LogP contribution in [0.1, 0.15) is 30.6 Å². The van der Waals surface area contributed by atoms with Crippen LogP contribution in [0, 0.1) is 5.92 Å². The number of carbonyl (C=O) groups excluding carboxylic acids is 3. The minimum absolute atomic E-state index is 0.0495. The van der Waals surface area contributed by atoms with Crippen LogP contribution in [0.25, 0.3) is 0 Å². The highest BCUT2D eigenvalue weighted by Crippen LogP contribution is 2.28. The zero-order valence-corrected chi connectivity index (χ0v) is 17.0. The SMILES string of the molecule is CCOc1ccc(N2C[C@H](C(=O)O[C@@H](C)C(=O)c3ccc(Cl)cc3)CC2=O)cc1. The second-order valence-corrected chi connectivity index (χ2v) is 7.22. The Labute approximate surface area is 174 Å². The van der Waals surface area contributed by atoms with Crippen LogP contribution < -0.4 is 9.64 Å². The van der Waals surface area contributed by atoms with Crippen LogP contribution in [0.15, 0.2) is 48.5 Å². The van der Waals surface area contributed by atoms with Gasteiger partial charge < -0.3 is 14.4 Å². The van der Waals surface area contributed by atoms with Crippen LogP contribution in [-0.2, 0) is 14.3 Å². The Morgan fingerprint density at radius 2 is 1.79 bits per heavy atom. The minimum Gasteiger partial charge on any atom is -0.494 e. The highest BCUT2D eigenvalue weighted by molar-refractivity contribution is 6.30. The molecule has 0 saturated carbocycles. The number of rotatable bonds is 7. The summed E-state index contributed by atoms with van der Waals surface area (Å²) in [4.78, 5) is 38.9. The summed E-state index contributed by atoms with van der Waals surface area (Å²) < 4.78 is 10.7. The molecule has 29 heavy (non-hydrogen) atoms. The number of anilines is 1. The van der Waals surface area contributed by atoms with Gasteiger partial charge in [0.1, 0.15) is 5.75 Å². The Hall–Kier alpha value is -2.86. The molecule has 0 N–H and O–H groups in total. The molecule has 1 amide bonds. The molecular formula is C22H22ClNO5. The summed E-state index contributed by atoms with van der Waals surface area (Å²) in [7, 11) is 0. The Kier molecular flexibility index (Phi) is 6.54. The maximum Gasteiger partial charge on any atom is 0.312 e. The fourth-order valence-corrected chi connectivity index (χ4v) is 3.30. The molecule has 1 aliphatic heterocycles. The van der Waals surface area contributed by atoms with Crippen molar-refractivity contribution >= 4 is 34.9 Å². The number of carbonyl (C=O) groups is 3. The van der Waals surface area contributed by atoms with Crippen molar-refractivity contribution in [3.05, 3.63) is 59.1 Å². The van der Waals surface area contributed by atoms with Crippen molar-refractivity contribution in [2.75, 3.05) is 18.1 Å². The number of ether oxygens (including phenoxy) is 2. The quantitative estimate of drug-likeness (QED) is 0.506. The van der Waals surface area contributed by atoms with Crippen LogP contribution in [0.4, 0.5) is 5.69 Å². The van der Waals surface area contributed by atoms with Gasteiger partial charge in [-0.2, -0.15) is 0 Å². The van der Waals surface area contributed by atoms with Crippen LogP contribution in [0.5, 0.6) is 5.75 Å². The summed E-state index contributed by atoms with van der Waals surface area (Å²) in [6.45, 7) is 4.19. The zero-order chi connectivity index (χ0) is 21.0. The Bertz CT molecular complexity index is 894. The van der Waals surface area contributed by atoms with E-state index >= 15 is 0 Å². The molecule has 1 saturated heterocycles. The van der Waals surface area contributed by atoms with Crippen molar-refractivity contribution in [3.63, 3.8) is 0 Å². The lowest BCUT2D eigenvalue weighted by molar-refractivity contribution is -0.151. The fraction of sp³-hybridized carbons (Fsp3) is 0.318. The first kappa shape index (κ1) is 20.9. The summed E-state index contributed by atoms with van der Waals surface area (Å²) in [5.74, 6) is -0.931. The van der Waals surface area contributed by atoms with Gasteiger partial charge in [0.15, 0.2) is 6.10 Å². The second kappa shape index (κ2) is 9.09. The fourth-order valence-electron chi connectivity index (χ4n) is 3.18. The Morgan fingerprint density at radius 3 is 2.41 bits per heavy atom. The molecular weight excluding hydrogens is 394 g/mol. The third-order valence-corrected chi connectivity index (χ3v) is 4.96. The third-order valence-electron chi connectivity index (χ3n) is 4.71. The average molecular weight is 416 g/mol. The maximum atomic E-state index is 12.5. The van der Waals surface area contributed by atoms with E-state index in [-0.39, 0.29) is 24.7 Å².